The van der Waals surface area contributed by atoms with Gasteiger partial charge in [0.15, 0.2) is 0 Å². The summed E-state index contributed by atoms with van der Waals surface area (Å²) in [5.74, 6) is 0.503. The molecule has 1 aliphatic rings. The minimum atomic E-state index is -0.272. The Hall–Kier alpha value is -3.12. The molecule has 1 atom stereocenters. The molecule has 3 aromatic rings. The molecular formula is C26H31N3O3. The van der Waals surface area contributed by atoms with Crippen LogP contribution in [0.25, 0.3) is 11.3 Å². The number of rotatable bonds is 8. The van der Waals surface area contributed by atoms with Gasteiger partial charge in [-0.1, -0.05) is 50.2 Å². The minimum absolute atomic E-state index is 0.0725. The summed E-state index contributed by atoms with van der Waals surface area (Å²) in [7, 11) is 0. The van der Waals surface area contributed by atoms with Crippen molar-refractivity contribution in [2.45, 2.75) is 52.2 Å². The Morgan fingerprint density at radius 1 is 1.09 bits per heavy atom. The Labute approximate surface area is 189 Å². The van der Waals surface area contributed by atoms with Crippen molar-refractivity contribution in [3.63, 3.8) is 0 Å². The number of nitrogens with one attached hydrogen (secondary N) is 1. The maximum absolute atomic E-state index is 13.4. The SMILES string of the molecule is CC(C)OCCCN1C(=O)c2[nH]nc(-c3ccccc3O)c2[C@H]1c1ccc(C(C)C)cc1. The second-order valence-electron chi connectivity index (χ2n) is 8.87. The highest BCUT2D eigenvalue weighted by molar-refractivity contribution is 6.00. The van der Waals surface area contributed by atoms with Gasteiger partial charge in [0.05, 0.1) is 12.1 Å². The maximum atomic E-state index is 13.4. The lowest BCUT2D eigenvalue weighted by atomic mass is 9.93. The van der Waals surface area contributed by atoms with Crippen LogP contribution in [0.2, 0.25) is 0 Å². The first-order valence-corrected chi connectivity index (χ1v) is 11.3. The van der Waals surface area contributed by atoms with Crippen molar-refractivity contribution in [2.75, 3.05) is 13.2 Å². The van der Waals surface area contributed by atoms with Gasteiger partial charge in [0.2, 0.25) is 0 Å². The number of para-hydroxylation sites is 1. The Kier molecular flexibility index (Phi) is 6.33. The number of carbonyl (C=O) groups excluding carboxylic acids is 1. The fourth-order valence-corrected chi connectivity index (χ4v) is 4.27. The number of carbonyl (C=O) groups is 1. The molecule has 0 saturated carbocycles. The van der Waals surface area contributed by atoms with E-state index in [1.165, 1.54) is 5.56 Å². The lowest BCUT2D eigenvalue weighted by molar-refractivity contribution is 0.0601. The summed E-state index contributed by atoms with van der Waals surface area (Å²) >= 11 is 0. The molecular weight excluding hydrogens is 402 g/mol. The van der Waals surface area contributed by atoms with Gasteiger partial charge in [-0.3, -0.25) is 9.89 Å². The van der Waals surface area contributed by atoms with Crippen LogP contribution >= 0.6 is 0 Å². The molecule has 6 heteroatoms. The number of aromatic hydroxyl groups is 1. The van der Waals surface area contributed by atoms with Gasteiger partial charge >= 0.3 is 0 Å². The molecule has 0 spiro atoms. The molecule has 0 fully saturated rings. The normalized spacial score (nSPS) is 15.8. The zero-order chi connectivity index (χ0) is 22.8. The Balaban J connectivity index is 1.74. The number of aromatic nitrogens is 2. The average Bonchev–Trinajstić information content (AvgIpc) is 3.30. The smallest absolute Gasteiger partial charge is 0.273 e. The molecule has 2 heterocycles. The molecule has 2 aromatic carbocycles. The summed E-state index contributed by atoms with van der Waals surface area (Å²) in [5, 5.41) is 17.8. The molecule has 6 nitrogen and oxygen atoms in total. The number of aromatic amines is 1. The van der Waals surface area contributed by atoms with E-state index in [1.807, 2.05) is 30.9 Å². The van der Waals surface area contributed by atoms with E-state index in [-0.39, 0.29) is 23.8 Å². The topological polar surface area (TPSA) is 78.5 Å². The zero-order valence-electron chi connectivity index (χ0n) is 19.1. The molecule has 32 heavy (non-hydrogen) atoms. The number of fused-ring (bicyclic) bond motifs is 1. The predicted molar refractivity (Wildman–Crippen MR) is 125 cm³/mol. The van der Waals surface area contributed by atoms with Crippen LogP contribution in [-0.2, 0) is 4.74 Å². The third-order valence-corrected chi connectivity index (χ3v) is 5.94. The van der Waals surface area contributed by atoms with E-state index in [1.54, 1.807) is 12.1 Å². The number of H-pyrrole nitrogens is 1. The van der Waals surface area contributed by atoms with Crippen molar-refractivity contribution >= 4 is 5.91 Å². The Bertz CT molecular complexity index is 1090. The lowest BCUT2D eigenvalue weighted by Crippen LogP contribution is -2.31. The van der Waals surface area contributed by atoms with Gasteiger partial charge in [-0.05, 0) is 49.4 Å². The fraction of sp³-hybridized carbons (Fsp3) is 0.385. The number of ether oxygens (including phenoxy) is 1. The van der Waals surface area contributed by atoms with Gasteiger partial charge in [-0.25, -0.2) is 0 Å². The molecule has 0 saturated heterocycles. The highest BCUT2D eigenvalue weighted by Crippen LogP contribution is 2.44. The first-order valence-electron chi connectivity index (χ1n) is 11.3. The second kappa shape index (κ2) is 9.17. The zero-order valence-corrected chi connectivity index (χ0v) is 19.1. The van der Waals surface area contributed by atoms with E-state index < -0.39 is 0 Å². The Morgan fingerprint density at radius 2 is 1.81 bits per heavy atom. The molecule has 0 bridgehead atoms. The van der Waals surface area contributed by atoms with E-state index in [2.05, 4.69) is 48.3 Å². The van der Waals surface area contributed by atoms with Crippen LogP contribution in [0.3, 0.4) is 0 Å². The van der Waals surface area contributed by atoms with Crippen molar-refractivity contribution in [3.8, 4) is 17.0 Å². The van der Waals surface area contributed by atoms with Crippen molar-refractivity contribution in [2.24, 2.45) is 0 Å². The van der Waals surface area contributed by atoms with Crippen LogP contribution < -0.4 is 0 Å². The molecule has 1 amide bonds. The van der Waals surface area contributed by atoms with Crippen LogP contribution in [0.15, 0.2) is 48.5 Å². The van der Waals surface area contributed by atoms with Crippen molar-refractivity contribution in [3.05, 3.63) is 70.9 Å². The monoisotopic (exact) mass is 433 g/mol. The molecule has 168 valence electrons. The molecule has 2 N–H and O–H groups in total. The molecule has 4 rings (SSSR count). The number of benzene rings is 2. The van der Waals surface area contributed by atoms with Gasteiger partial charge in [0.1, 0.15) is 17.1 Å². The molecule has 0 unspecified atom stereocenters. The van der Waals surface area contributed by atoms with E-state index in [4.69, 9.17) is 4.74 Å². The summed E-state index contributed by atoms with van der Waals surface area (Å²) in [6, 6.07) is 15.3. The van der Waals surface area contributed by atoms with Crippen LogP contribution in [-0.4, -0.2) is 45.4 Å². The van der Waals surface area contributed by atoms with Crippen molar-refractivity contribution in [1.29, 1.82) is 0 Å². The van der Waals surface area contributed by atoms with Gasteiger partial charge in [-0.15, -0.1) is 0 Å². The first kappa shape index (κ1) is 22.1. The number of phenols is 1. The summed E-state index contributed by atoms with van der Waals surface area (Å²) in [6.45, 7) is 9.52. The summed E-state index contributed by atoms with van der Waals surface area (Å²) in [4.78, 5) is 15.3. The Morgan fingerprint density at radius 3 is 2.47 bits per heavy atom. The van der Waals surface area contributed by atoms with Crippen LogP contribution in [0.5, 0.6) is 5.75 Å². The maximum Gasteiger partial charge on any atom is 0.273 e. The number of hydrogen-bond donors (Lipinski definition) is 2. The summed E-state index contributed by atoms with van der Waals surface area (Å²) in [6.07, 6.45) is 0.905. The van der Waals surface area contributed by atoms with Gasteiger partial charge in [0, 0.05) is 24.3 Å². The second-order valence-corrected chi connectivity index (χ2v) is 8.87. The van der Waals surface area contributed by atoms with Crippen LogP contribution in [0, 0.1) is 0 Å². The van der Waals surface area contributed by atoms with Crippen molar-refractivity contribution in [1.82, 2.24) is 15.1 Å². The average molecular weight is 434 g/mol. The third-order valence-electron chi connectivity index (χ3n) is 5.94. The van der Waals surface area contributed by atoms with E-state index in [0.29, 0.717) is 36.0 Å². The summed E-state index contributed by atoms with van der Waals surface area (Å²) in [5.41, 5.74) is 4.83. The number of amides is 1. The predicted octanol–water partition coefficient (Wildman–Crippen LogP) is 5.27. The first-order chi connectivity index (χ1) is 15.4. The quantitative estimate of drug-likeness (QED) is 0.475. The van der Waals surface area contributed by atoms with Gasteiger partial charge in [0.25, 0.3) is 5.91 Å². The standard InChI is InChI=1S/C26H31N3O3/c1-16(2)18-10-12-19(13-11-18)25-22-23(20-8-5-6-9-21(20)30)27-28-24(22)26(31)29(25)14-7-15-32-17(3)4/h5-6,8-13,16-17,25,30H,7,14-15H2,1-4H3,(H,27,28)/t25-/m1/s1. The highest BCUT2D eigenvalue weighted by atomic mass is 16.5. The fourth-order valence-electron chi connectivity index (χ4n) is 4.27. The number of hydrogen-bond acceptors (Lipinski definition) is 4. The lowest BCUT2D eigenvalue weighted by Gasteiger charge is -2.27. The van der Waals surface area contributed by atoms with Gasteiger partial charge in [-0.2, -0.15) is 5.10 Å². The highest BCUT2D eigenvalue weighted by Gasteiger charge is 2.42. The van der Waals surface area contributed by atoms with Gasteiger partial charge < -0.3 is 14.7 Å². The number of phenolic OH excluding ortho intramolecular Hbond substituents is 1. The largest absolute Gasteiger partial charge is 0.507 e. The minimum Gasteiger partial charge on any atom is -0.507 e. The van der Waals surface area contributed by atoms with E-state index in [9.17, 15) is 9.90 Å². The number of nitrogens with zero attached hydrogens (tertiary/aromatic N) is 2. The van der Waals surface area contributed by atoms with Crippen molar-refractivity contribution < 1.29 is 14.6 Å². The van der Waals surface area contributed by atoms with E-state index >= 15 is 0 Å². The molecule has 0 radical (unpaired) electrons. The molecule has 1 aromatic heterocycles. The third kappa shape index (κ3) is 4.15. The molecule has 1 aliphatic heterocycles. The van der Waals surface area contributed by atoms with E-state index in [0.717, 1.165) is 17.5 Å². The summed E-state index contributed by atoms with van der Waals surface area (Å²) < 4.78 is 5.70. The molecule has 0 aliphatic carbocycles. The van der Waals surface area contributed by atoms with Crippen LogP contribution in [0.4, 0.5) is 0 Å². The van der Waals surface area contributed by atoms with Crippen LogP contribution in [0.1, 0.15) is 73.3 Å².